The Bertz CT molecular complexity index is 241. The summed E-state index contributed by atoms with van der Waals surface area (Å²) in [6, 6.07) is 0.386. The van der Waals surface area contributed by atoms with Gasteiger partial charge in [0.25, 0.3) is 0 Å². The molecule has 1 saturated carbocycles. The number of aliphatic hydroxyl groups excluding tert-OH is 1. The van der Waals surface area contributed by atoms with Gasteiger partial charge in [-0.15, -0.1) is 0 Å². The summed E-state index contributed by atoms with van der Waals surface area (Å²) < 4.78 is 0. The van der Waals surface area contributed by atoms with Gasteiger partial charge in [0.05, 0.1) is 12.6 Å². The van der Waals surface area contributed by atoms with Crippen molar-refractivity contribution in [2.24, 2.45) is 5.92 Å². The molecule has 2 N–H and O–H groups in total. The van der Waals surface area contributed by atoms with Crippen LogP contribution in [0.3, 0.4) is 0 Å². The molecule has 2 aliphatic rings. The zero-order valence-corrected chi connectivity index (χ0v) is 9.28. The lowest BCUT2D eigenvalue weighted by Crippen LogP contribution is -2.47. The van der Waals surface area contributed by atoms with Crippen molar-refractivity contribution < 1.29 is 9.90 Å². The van der Waals surface area contributed by atoms with Gasteiger partial charge in [-0.25, -0.2) is 0 Å². The highest BCUT2D eigenvalue weighted by Crippen LogP contribution is 2.28. The largest absolute Gasteiger partial charge is 0.395 e. The first-order chi connectivity index (χ1) is 7.24. The normalized spacial score (nSPS) is 30.5. The maximum atomic E-state index is 12.2. The van der Waals surface area contributed by atoms with Crippen LogP contribution in [0.25, 0.3) is 0 Å². The van der Waals surface area contributed by atoms with Crippen LogP contribution in [0, 0.1) is 5.92 Å². The van der Waals surface area contributed by atoms with Crippen LogP contribution in [-0.2, 0) is 4.79 Å². The van der Waals surface area contributed by atoms with E-state index in [1.165, 1.54) is 0 Å². The molecule has 0 aromatic carbocycles. The average Bonchev–Trinajstić information content (AvgIpc) is 2.97. The number of amides is 1. The van der Waals surface area contributed by atoms with Crippen LogP contribution in [0.1, 0.15) is 26.2 Å². The molecule has 0 aromatic rings. The number of hydrogen-bond acceptors (Lipinski definition) is 3. The average molecular weight is 212 g/mol. The Morgan fingerprint density at radius 3 is 2.67 bits per heavy atom. The summed E-state index contributed by atoms with van der Waals surface area (Å²) in [7, 11) is 0. The van der Waals surface area contributed by atoms with Gasteiger partial charge in [-0.1, -0.05) is 6.92 Å². The molecule has 2 rings (SSSR count). The first kappa shape index (κ1) is 10.9. The van der Waals surface area contributed by atoms with Crippen molar-refractivity contribution in [1.29, 1.82) is 0 Å². The lowest BCUT2D eigenvalue weighted by molar-refractivity contribution is -0.135. The van der Waals surface area contributed by atoms with Gasteiger partial charge in [0.15, 0.2) is 0 Å². The standard InChI is InChI=1S/C11H20N2O2/c1-8-4-5-12-10(8)11(15)13(6-7-14)9-2-3-9/h8-10,12,14H,2-7H2,1H3. The second-order valence-electron chi connectivity index (χ2n) is 4.68. The molecule has 2 unspecified atom stereocenters. The molecule has 1 amide bonds. The van der Waals surface area contributed by atoms with Crippen molar-refractivity contribution >= 4 is 5.91 Å². The Balaban J connectivity index is 1.96. The maximum Gasteiger partial charge on any atom is 0.240 e. The zero-order valence-electron chi connectivity index (χ0n) is 9.28. The Kier molecular flexibility index (Phi) is 3.26. The van der Waals surface area contributed by atoms with E-state index in [-0.39, 0.29) is 18.6 Å². The Hall–Kier alpha value is -0.610. The van der Waals surface area contributed by atoms with E-state index in [4.69, 9.17) is 5.11 Å². The number of hydrogen-bond donors (Lipinski definition) is 2. The van der Waals surface area contributed by atoms with Gasteiger partial charge in [-0.05, 0) is 31.7 Å². The van der Waals surface area contributed by atoms with Gasteiger partial charge in [0, 0.05) is 12.6 Å². The number of nitrogens with zero attached hydrogens (tertiary/aromatic N) is 1. The van der Waals surface area contributed by atoms with Crippen LogP contribution in [-0.4, -0.2) is 47.7 Å². The second-order valence-corrected chi connectivity index (χ2v) is 4.68. The molecule has 86 valence electrons. The Labute approximate surface area is 90.6 Å². The highest BCUT2D eigenvalue weighted by Gasteiger charge is 2.38. The minimum atomic E-state index is -0.0165. The van der Waals surface area contributed by atoms with Gasteiger partial charge in [0.2, 0.25) is 5.91 Å². The highest BCUT2D eigenvalue weighted by molar-refractivity contribution is 5.83. The quantitative estimate of drug-likeness (QED) is 0.688. The number of aliphatic hydroxyl groups is 1. The number of nitrogens with one attached hydrogen (secondary N) is 1. The van der Waals surface area contributed by atoms with Crippen LogP contribution in [0.15, 0.2) is 0 Å². The van der Waals surface area contributed by atoms with E-state index >= 15 is 0 Å². The topological polar surface area (TPSA) is 52.6 Å². The number of carbonyl (C=O) groups excluding carboxylic acids is 1. The van der Waals surface area contributed by atoms with Crippen LogP contribution in [0.2, 0.25) is 0 Å². The van der Waals surface area contributed by atoms with E-state index in [0.717, 1.165) is 25.8 Å². The minimum Gasteiger partial charge on any atom is -0.395 e. The first-order valence-electron chi connectivity index (χ1n) is 5.88. The molecule has 0 bridgehead atoms. The fourth-order valence-electron chi connectivity index (χ4n) is 2.31. The fourth-order valence-corrected chi connectivity index (χ4v) is 2.31. The molecule has 2 fully saturated rings. The molecule has 0 spiro atoms. The molecular formula is C11H20N2O2. The molecular weight excluding hydrogens is 192 g/mol. The second kappa shape index (κ2) is 4.49. The summed E-state index contributed by atoms with van der Waals surface area (Å²) in [6.45, 7) is 3.62. The SMILES string of the molecule is CC1CCNC1C(=O)N(CCO)C1CC1. The van der Waals surface area contributed by atoms with Crippen molar-refractivity contribution in [2.75, 3.05) is 19.7 Å². The highest BCUT2D eigenvalue weighted by atomic mass is 16.3. The van der Waals surface area contributed by atoms with Gasteiger partial charge in [-0.2, -0.15) is 0 Å². The molecule has 15 heavy (non-hydrogen) atoms. The van der Waals surface area contributed by atoms with Crippen molar-refractivity contribution in [3.05, 3.63) is 0 Å². The fraction of sp³-hybridized carbons (Fsp3) is 0.909. The van der Waals surface area contributed by atoms with Crippen molar-refractivity contribution in [1.82, 2.24) is 10.2 Å². The summed E-state index contributed by atoms with van der Waals surface area (Å²) in [4.78, 5) is 14.0. The van der Waals surface area contributed by atoms with Gasteiger partial charge < -0.3 is 15.3 Å². The summed E-state index contributed by atoms with van der Waals surface area (Å²) in [5, 5.41) is 12.2. The summed E-state index contributed by atoms with van der Waals surface area (Å²) in [6.07, 6.45) is 3.29. The van der Waals surface area contributed by atoms with Crippen LogP contribution >= 0.6 is 0 Å². The van der Waals surface area contributed by atoms with E-state index in [1.807, 2.05) is 4.90 Å². The van der Waals surface area contributed by atoms with Crippen LogP contribution in [0.4, 0.5) is 0 Å². The smallest absolute Gasteiger partial charge is 0.240 e. The van der Waals surface area contributed by atoms with Crippen molar-refractivity contribution in [3.63, 3.8) is 0 Å². The third kappa shape index (κ3) is 2.32. The summed E-state index contributed by atoms with van der Waals surface area (Å²) in [5.74, 6) is 0.619. The van der Waals surface area contributed by atoms with E-state index in [9.17, 15) is 4.79 Å². The van der Waals surface area contributed by atoms with Crippen molar-refractivity contribution in [3.8, 4) is 0 Å². The monoisotopic (exact) mass is 212 g/mol. The molecule has 4 heteroatoms. The third-order valence-corrected chi connectivity index (χ3v) is 3.41. The van der Waals surface area contributed by atoms with Crippen LogP contribution in [0.5, 0.6) is 0 Å². The lowest BCUT2D eigenvalue weighted by Gasteiger charge is -2.26. The third-order valence-electron chi connectivity index (χ3n) is 3.41. The first-order valence-corrected chi connectivity index (χ1v) is 5.88. The van der Waals surface area contributed by atoms with E-state index in [0.29, 0.717) is 18.5 Å². The van der Waals surface area contributed by atoms with E-state index < -0.39 is 0 Å². The van der Waals surface area contributed by atoms with Gasteiger partial charge in [0.1, 0.15) is 0 Å². The van der Waals surface area contributed by atoms with Gasteiger partial charge >= 0.3 is 0 Å². The predicted molar refractivity (Wildman–Crippen MR) is 57.4 cm³/mol. The van der Waals surface area contributed by atoms with Crippen molar-refractivity contribution in [2.45, 2.75) is 38.3 Å². The van der Waals surface area contributed by atoms with Crippen LogP contribution < -0.4 is 5.32 Å². The molecule has 1 heterocycles. The molecule has 1 aliphatic heterocycles. The van der Waals surface area contributed by atoms with Gasteiger partial charge in [-0.3, -0.25) is 4.79 Å². The molecule has 0 radical (unpaired) electrons. The molecule has 1 aliphatic carbocycles. The van der Waals surface area contributed by atoms with E-state index in [2.05, 4.69) is 12.2 Å². The summed E-state index contributed by atoms with van der Waals surface area (Å²) >= 11 is 0. The maximum absolute atomic E-state index is 12.2. The number of rotatable bonds is 4. The Morgan fingerprint density at radius 2 is 2.20 bits per heavy atom. The lowest BCUT2D eigenvalue weighted by atomic mass is 10.0. The molecule has 4 nitrogen and oxygen atoms in total. The minimum absolute atomic E-state index is 0.0165. The molecule has 0 aromatic heterocycles. The molecule has 2 atom stereocenters. The number of carbonyl (C=O) groups is 1. The predicted octanol–water partition coefficient (Wildman–Crippen LogP) is -0.0323. The Morgan fingerprint density at radius 1 is 1.47 bits per heavy atom. The molecule has 1 saturated heterocycles. The zero-order chi connectivity index (χ0) is 10.8. The summed E-state index contributed by atoms with van der Waals surface area (Å²) in [5.41, 5.74) is 0. The van der Waals surface area contributed by atoms with E-state index in [1.54, 1.807) is 0 Å².